The molecule has 0 amide bonds. The Kier molecular flexibility index (Phi) is 59.9. The Hall–Kier alpha value is -4.71. The van der Waals surface area contributed by atoms with Gasteiger partial charge in [0.05, 0.1) is 0 Å². The molecule has 0 spiro atoms. The number of allylic oxidation sites excluding steroid dienone is 24. The topological polar surface area (TPSA) is 78.9 Å². The van der Waals surface area contributed by atoms with Crippen LogP contribution in [0.5, 0.6) is 0 Å². The second-order valence-corrected chi connectivity index (χ2v) is 20.2. The Balaban J connectivity index is 4.06. The minimum atomic E-state index is -0.796. The van der Waals surface area contributed by atoms with E-state index in [-0.39, 0.29) is 37.5 Å². The molecule has 0 radical (unpaired) electrons. The molecule has 6 nitrogen and oxygen atoms in total. The Labute approximate surface area is 474 Å². The van der Waals surface area contributed by atoms with Crippen molar-refractivity contribution in [1.82, 2.24) is 0 Å². The first-order valence-electron chi connectivity index (χ1n) is 31.3. The molecular formula is C71H114O6. The quantitative estimate of drug-likeness (QED) is 0.0261. The van der Waals surface area contributed by atoms with E-state index < -0.39 is 6.10 Å². The van der Waals surface area contributed by atoms with Crippen LogP contribution < -0.4 is 0 Å². The summed E-state index contributed by atoms with van der Waals surface area (Å²) >= 11 is 0. The van der Waals surface area contributed by atoms with Gasteiger partial charge in [-0.05, 0) is 122 Å². The number of rotatable bonds is 55. The SMILES string of the molecule is CC/C=C\C/C=C\C/C=C\C/C=C\C/C=C\C/C=C\C/C=C\CCCCCCCCCCCCCCCC(=O)OCC(COC(=O)CCCCCCC)OC(=O)CCCCC/C=C\C/C=C\C/C=C\C/C=C\C/C=C\CC. The summed E-state index contributed by atoms with van der Waals surface area (Å²) in [6, 6.07) is 0. The van der Waals surface area contributed by atoms with Crippen LogP contribution in [0.15, 0.2) is 146 Å². The van der Waals surface area contributed by atoms with Crippen molar-refractivity contribution in [2.24, 2.45) is 0 Å². The van der Waals surface area contributed by atoms with E-state index in [2.05, 4.69) is 167 Å². The molecule has 0 aliphatic rings. The van der Waals surface area contributed by atoms with E-state index in [1.807, 2.05) is 0 Å². The minimum Gasteiger partial charge on any atom is -0.462 e. The summed E-state index contributed by atoms with van der Waals surface area (Å²) in [5, 5.41) is 0. The van der Waals surface area contributed by atoms with Crippen molar-refractivity contribution >= 4 is 17.9 Å². The smallest absolute Gasteiger partial charge is 0.306 e. The molecule has 0 bridgehead atoms. The van der Waals surface area contributed by atoms with Crippen LogP contribution in [0.2, 0.25) is 0 Å². The molecule has 0 fully saturated rings. The number of esters is 3. The molecule has 0 N–H and O–H groups in total. The lowest BCUT2D eigenvalue weighted by Gasteiger charge is -2.18. The zero-order valence-electron chi connectivity index (χ0n) is 49.7. The van der Waals surface area contributed by atoms with Gasteiger partial charge in [0.15, 0.2) is 6.10 Å². The molecular weight excluding hydrogens is 949 g/mol. The molecule has 77 heavy (non-hydrogen) atoms. The van der Waals surface area contributed by atoms with Gasteiger partial charge in [-0.3, -0.25) is 14.4 Å². The number of hydrogen-bond donors (Lipinski definition) is 0. The molecule has 0 aliphatic heterocycles. The second-order valence-electron chi connectivity index (χ2n) is 20.2. The zero-order valence-corrected chi connectivity index (χ0v) is 49.7. The molecule has 0 saturated heterocycles. The lowest BCUT2D eigenvalue weighted by Crippen LogP contribution is -2.30. The highest BCUT2D eigenvalue weighted by Crippen LogP contribution is 2.15. The van der Waals surface area contributed by atoms with Crippen molar-refractivity contribution < 1.29 is 28.6 Å². The van der Waals surface area contributed by atoms with E-state index in [0.29, 0.717) is 12.8 Å². The summed E-state index contributed by atoms with van der Waals surface area (Å²) in [5.74, 6) is -0.945. The molecule has 0 heterocycles. The molecule has 0 rings (SSSR count). The molecule has 1 unspecified atom stereocenters. The van der Waals surface area contributed by atoms with Gasteiger partial charge in [-0.25, -0.2) is 0 Å². The summed E-state index contributed by atoms with van der Waals surface area (Å²) in [6.45, 7) is 6.29. The number of carbonyl (C=O) groups excluding carboxylic acids is 3. The molecule has 0 aromatic heterocycles. The summed E-state index contributed by atoms with van der Waals surface area (Å²) in [4.78, 5) is 37.9. The number of unbranched alkanes of at least 4 members (excludes halogenated alkanes) is 20. The van der Waals surface area contributed by atoms with Gasteiger partial charge in [-0.1, -0.05) is 269 Å². The van der Waals surface area contributed by atoms with Crippen molar-refractivity contribution in [3.05, 3.63) is 146 Å². The third-order valence-corrected chi connectivity index (χ3v) is 12.8. The predicted octanol–water partition coefficient (Wildman–Crippen LogP) is 21.5. The van der Waals surface area contributed by atoms with E-state index in [1.54, 1.807) is 0 Å². The van der Waals surface area contributed by atoms with Gasteiger partial charge >= 0.3 is 17.9 Å². The van der Waals surface area contributed by atoms with E-state index >= 15 is 0 Å². The van der Waals surface area contributed by atoms with Crippen LogP contribution in [0.3, 0.4) is 0 Å². The van der Waals surface area contributed by atoms with E-state index in [4.69, 9.17) is 14.2 Å². The largest absolute Gasteiger partial charge is 0.462 e. The second kappa shape index (κ2) is 63.8. The number of carbonyl (C=O) groups is 3. The van der Waals surface area contributed by atoms with Crippen LogP contribution in [0, 0.1) is 0 Å². The average Bonchev–Trinajstić information content (AvgIpc) is 3.43. The van der Waals surface area contributed by atoms with Crippen LogP contribution in [-0.4, -0.2) is 37.2 Å². The highest BCUT2D eigenvalue weighted by molar-refractivity contribution is 5.71. The molecule has 434 valence electrons. The maximum atomic E-state index is 12.8. The normalized spacial score (nSPS) is 13.1. The average molecular weight is 1060 g/mol. The van der Waals surface area contributed by atoms with Crippen LogP contribution in [0.1, 0.15) is 265 Å². The Morgan fingerprint density at radius 1 is 0.273 bits per heavy atom. The van der Waals surface area contributed by atoms with Gasteiger partial charge in [-0.2, -0.15) is 0 Å². The van der Waals surface area contributed by atoms with Gasteiger partial charge in [0.2, 0.25) is 0 Å². The lowest BCUT2D eigenvalue weighted by molar-refractivity contribution is -0.167. The summed E-state index contributed by atoms with van der Waals surface area (Å²) in [5.41, 5.74) is 0. The number of hydrogen-bond acceptors (Lipinski definition) is 6. The van der Waals surface area contributed by atoms with Crippen molar-refractivity contribution in [3.8, 4) is 0 Å². The lowest BCUT2D eigenvalue weighted by atomic mass is 10.0. The van der Waals surface area contributed by atoms with E-state index in [9.17, 15) is 14.4 Å². The standard InChI is InChI=1S/C71H114O6/c1-4-7-10-13-15-17-19-21-23-25-27-28-29-30-31-32-33-34-35-36-37-38-39-40-41-42-44-45-47-49-51-53-55-58-61-64-70(73)76-67-68(66-75-69(72)63-60-57-12-9-6-3)77-71(74)65-62-59-56-54-52-50-48-46-43-26-24-22-20-18-16-14-11-8-5-2/h7-8,10-11,15-18,21-24,27-28,30-31,33-34,36-37,43,46,50,52,68H,4-6,9,12-14,19-20,25-26,29,32,35,38-42,44-45,47-49,51,53-67H2,1-3H3/b10-7-,11-8-,17-15-,18-16-,23-21-,24-22-,28-27-,31-30-,34-33-,37-36-,46-43-,52-50-. The van der Waals surface area contributed by atoms with Crippen molar-refractivity contribution in [2.75, 3.05) is 13.2 Å². The maximum absolute atomic E-state index is 12.8. The van der Waals surface area contributed by atoms with Crippen LogP contribution in [0.25, 0.3) is 0 Å². The number of ether oxygens (including phenoxy) is 3. The van der Waals surface area contributed by atoms with Crippen LogP contribution in [-0.2, 0) is 28.6 Å². The first-order valence-corrected chi connectivity index (χ1v) is 31.3. The molecule has 0 aromatic rings. The fourth-order valence-electron chi connectivity index (χ4n) is 8.21. The summed E-state index contributed by atoms with van der Waals surface area (Å²) in [6.07, 6.45) is 91.9. The monoisotopic (exact) mass is 1060 g/mol. The fraction of sp³-hybridized carbons (Fsp3) is 0.620. The highest BCUT2D eigenvalue weighted by atomic mass is 16.6. The summed E-state index contributed by atoms with van der Waals surface area (Å²) in [7, 11) is 0. The van der Waals surface area contributed by atoms with Gasteiger partial charge in [0.25, 0.3) is 0 Å². The first kappa shape index (κ1) is 72.3. The van der Waals surface area contributed by atoms with Crippen LogP contribution >= 0.6 is 0 Å². The molecule has 6 heteroatoms. The van der Waals surface area contributed by atoms with Gasteiger partial charge in [0.1, 0.15) is 13.2 Å². The first-order chi connectivity index (χ1) is 38.0. The molecule has 0 saturated carbocycles. The minimum absolute atomic E-state index is 0.0952. The zero-order chi connectivity index (χ0) is 55.7. The van der Waals surface area contributed by atoms with Gasteiger partial charge < -0.3 is 14.2 Å². The third-order valence-electron chi connectivity index (χ3n) is 12.8. The Morgan fingerprint density at radius 2 is 0.506 bits per heavy atom. The maximum Gasteiger partial charge on any atom is 0.306 e. The molecule has 0 aliphatic carbocycles. The van der Waals surface area contributed by atoms with Crippen molar-refractivity contribution in [3.63, 3.8) is 0 Å². The third kappa shape index (κ3) is 62.0. The van der Waals surface area contributed by atoms with Crippen molar-refractivity contribution in [1.29, 1.82) is 0 Å². The van der Waals surface area contributed by atoms with E-state index in [0.717, 1.165) is 154 Å². The molecule has 0 aromatic carbocycles. The summed E-state index contributed by atoms with van der Waals surface area (Å²) < 4.78 is 16.7. The van der Waals surface area contributed by atoms with Gasteiger partial charge in [-0.15, -0.1) is 0 Å². The van der Waals surface area contributed by atoms with Gasteiger partial charge in [0, 0.05) is 19.3 Å². The highest BCUT2D eigenvalue weighted by Gasteiger charge is 2.19. The fourth-order valence-corrected chi connectivity index (χ4v) is 8.21. The van der Waals surface area contributed by atoms with Crippen molar-refractivity contribution in [2.45, 2.75) is 271 Å². The molecule has 1 atom stereocenters. The van der Waals surface area contributed by atoms with Crippen LogP contribution in [0.4, 0.5) is 0 Å². The van der Waals surface area contributed by atoms with E-state index in [1.165, 1.54) is 70.6 Å². The predicted molar refractivity (Wildman–Crippen MR) is 334 cm³/mol. The Morgan fingerprint density at radius 3 is 0.805 bits per heavy atom. The Bertz CT molecular complexity index is 1700.